The lowest BCUT2D eigenvalue weighted by Gasteiger charge is -2.10. The number of hydrogen-bond acceptors (Lipinski definition) is 1. The number of ether oxygens (including phenoxy) is 1. The minimum Gasteiger partial charge on any atom is -0.454 e. The molecule has 0 bridgehead atoms. The Morgan fingerprint density at radius 1 is 1.12 bits per heavy atom. The van der Waals surface area contributed by atoms with Crippen LogP contribution >= 0.6 is 11.6 Å². The SMILES string of the molecule is Cc1ccc(CCl)cc1Oc1ccccc1F. The quantitative estimate of drug-likeness (QED) is 0.720. The van der Waals surface area contributed by atoms with Crippen LogP contribution in [-0.4, -0.2) is 0 Å². The Balaban J connectivity index is 2.32. The number of para-hydroxylation sites is 1. The number of halogens is 2. The van der Waals surface area contributed by atoms with Crippen molar-refractivity contribution in [1.29, 1.82) is 0 Å². The van der Waals surface area contributed by atoms with E-state index >= 15 is 0 Å². The maximum Gasteiger partial charge on any atom is 0.165 e. The number of hydrogen-bond donors (Lipinski definition) is 0. The molecule has 0 saturated carbocycles. The van der Waals surface area contributed by atoms with E-state index in [1.165, 1.54) is 6.07 Å². The van der Waals surface area contributed by atoms with Crippen molar-refractivity contribution in [2.45, 2.75) is 12.8 Å². The summed E-state index contributed by atoms with van der Waals surface area (Å²) < 4.78 is 19.0. The van der Waals surface area contributed by atoms with Crippen LogP contribution < -0.4 is 4.74 Å². The lowest BCUT2D eigenvalue weighted by molar-refractivity contribution is 0.439. The van der Waals surface area contributed by atoms with Crippen molar-refractivity contribution < 1.29 is 9.13 Å². The second kappa shape index (κ2) is 5.19. The molecule has 0 saturated heterocycles. The van der Waals surface area contributed by atoms with Gasteiger partial charge in [-0.05, 0) is 36.2 Å². The van der Waals surface area contributed by atoms with Gasteiger partial charge in [0.25, 0.3) is 0 Å². The van der Waals surface area contributed by atoms with E-state index in [2.05, 4.69) is 0 Å². The maximum atomic E-state index is 13.4. The molecule has 88 valence electrons. The van der Waals surface area contributed by atoms with Gasteiger partial charge in [0.05, 0.1) is 0 Å². The summed E-state index contributed by atoms with van der Waals surface area (Å²) in [5, 5.41) is 0. The number of rotatable bonds is 3. The maximum absolute atomic E-state index is 13.4. The molecular weight excluding hydrogens is 239 g/mol. The minimum absolute atomic E-state index is 0.224. The highest BCUT2D eigenvalue weighted by Gasteiger charge is 2.06. The third kappa shape index (κ3) is 2.77. The van der Waals surface area contributed by atoms with Gasteiger partial charge >= 0.3 is 0 Å². The predicted molar refractivity (Wildman–Crippen MR) is 67.2 cm³/mol. The second-order valence-electron chi connectivity index (χ2n) is 3.77. The molecule has 0 aliphatic rings. The zero-order valence-corrected chi connectivity index (χ0v) is 10.2. The number of aryl methyl sites for hydroxylation is 1. The summed E-state index contributed by atoms with van der Waals surface area (Å²) in [6.45, 7) is 1.91. The van der Waals surface area contributed by atoms with Crippen LogP contribution in [0.4, 0.5) is 4.39 Å². The van der Waals surface area contributed by atoms with Crippen LogP contribution in [0, 0.1) is 12.7 Å². The van der Waals surface area contributed by atoms with E-state index in [0.29, 0.717) is 11.6 Å². The Labute approximate surface area is 105 Å². The summed E-state index contributed by atoms with van der Waals surface area (Å²) in [5.74, 6) is 0.896. The molecule has 0 radical (unpaired) electrons. The molecule has 2 aromatic carbocycles. The summed E-state index contributed by atoms with van der Waals surface area (Å²) in [4.78, 5) is 0. The van der Waals surface area contributed by atoms with E-state index in [1.807, 2.05) is 25.1 Å². The summed E-state index contributed by atoms with van der Waals surface area (Å²) >= 11 is 5.76. The molecule has 0 spiro atoms. The number of alkyl halides is 1. The van der Waals surface area contributed by atoms with Crippen LogP contribution in [0.2, 0.25) is 0 Å². The summed E-state index contributed by atoms with van der Waals surface area (Å²) in [6.07, 6.45) is 0. The van der Waals surface area contributed by atoms with E-state index in [9.17, 15) is 4.39 Å². The first-order valence-corrected chi connectivity index (χ1v) is 5.82. The van der Waals surface area contributed by atoms with Crippen molar-refractivity contribution >= 4 is 11.6 Å². The fraction of sp³-hybridized carbons (Fsp3) is 0.143. The molecule has 0 atom stereocenters. The molecular formula is C14H12ClFO. The van der Waals surface area contributed by atoms with Gasteiger partial charge in [-0.3, -0.25) is 0 Å². The molecule has 0 aliphatic heterocycles. The van der Waals surface area contributed by atoms with Gasteiger partial charge in [0.1, 0.15) is 5.75 Å². The fourth-order valence-corrected chi connectivity index (χ4v) is 1.65. The van der Waals surface area contributed by atoms with E-state index in [-0.39, 0.29) is 11.6 Å². The lowest BCUT2D eigenvalue weighted by atomic mass is 10.1. The molecule has 2 aromatic rings. The van der Waals surface area contributed by atoms with Crippen LogP contribution in [0.25, 0.3) is 0 Å². The summed E-state index contributed by atoms with van der Waals surface area (Å²) in [5.41, 5.74) is 1.89. The van der Waals surface area contributed by atoms with E-state index < -0.39 is 0 Å². The van der Waals surface area contributed by atoms with Gasteiger partial charge in [0, 0.05) is 5.88 Å². The van der Waals surface area contributed by atoms with Crippen molar-refractivity contribution in [1.82, 2.24) is 0 Å². The van der Waals surface area contributed by atoms with Gasteiger partial charge in [0.15, 0.2) is 11.6 Å². The summed E-state index contributed by atoms with van der Waals surface area (Å²) in [6, 6.07) is 12.0. The average Bonchev–Trinajstić information content (AvgIpc) is 2.35. The monoisotopic (exact) mass is 250 g/mol. The van der Waals surface area contributed by atoms with Gasteiger partial charge in [-0.2, -0.15) is 0 Å². The molecule has 0 aromatic heterocycles. The molecule has 0 unspecified atom stereocenters. The predicted octanol–water partition coefficient (Wildman–Crippen LogP) is 4.67. The highest BCUT2D eigenvalue weighted by atomic mass is 35.5. The topological polar surface area (TPSA) is 9.23 Å². The van der Waals surface area contributed by atoms with E-state index in [1.54, 1.807) is 18.2 Å². The highest BCUT2D eigenvalue weighted by Crippen LogP contribution is 2.28. The fourth-order valence-electron chi connectivity index (χ4n) is 1.48. The molecule has 17 heavy (non-hydrogen) atoms. The first-order chi connectivity index (χ1) is 8.20. The van der Waals surface area contributed by atoms with Gasteiger partial charge in [-0.25, -0.2) is 4.39 Å². The first kappa shape index (κ1) is 11.9. The third-order valence-corrected chi connectivity index (χ3v) is 2.77. The molecule has 0 aliphatic carbocycles. The highest BCUT2D eigenvalue weighted by molar-refractivity contribution is 6.17. The zero-order valence-electron chi connectivity index (χ0n) is 9.41. The molecule has 1 nitrogen and oxygen atoms in total. The zero-order chi connectivity index (χ0) is 12.3. The Morgan fingerprint density at radius 3 is 2.59 bits per heavy atom. The molecule has 0 amide bonds. The van der Waals surface area contributed by atoms with Crippen LogP contribution in [0.3, 0.4) is 0 Å². The Kier molecular flexibility index (Phi) is 3.64. The standard InChI is InChI=1S/C14H12ClFO/c1-10-6-7-11(9-15)8-14(10)17-13-5-3-2-4-12(13)16/h2-8H,9H2,1H3. The van der Waals surface area contributed by atoms with Gasteiger partial charge in [-0.15, -0.1) is 11.6 Å². The van der Waals surface area contributed by atoms with E-state index in [4.69, 9.17) is 16.3 Å². The van der Waals surface area contributed by atoms with Gasteiger partial charge in [0.2, 0.25) is 0 Å². The van der Waals surface area contributed by atoms with Crippen LogP contribution in [0.15, 0.2) is 42.5 Å². The molecule has 0 fully saturated rings. The number of benzene rings is 2. The lowest BCUT2D eigenvalue weighted by Crippen LogP contribution is -1.91. The van der Waals surface area contributed by atoms with Crippen molar-refractivity contribution in [3.63, 3.8) is 0 Å². The second-order valence-corrected chi connectivity index (χ2v) is 4.03. The molecule has 2 rings (SSSR count). The van der Waals surface area contributed by atoms with Crippen LogP contribution in [0.1, 0.15) is 11.1 Å². The Hall–Kier alpha value is -1.54. The normalized spacial score (nSPS) is 10.3. The van der Waals surface area contributed by atoms with Gasteiger partial charge < -0.3 is 4.74 Å². The third-order valence-electron chi connectivity index (χ3n) is 2.46. The minimum atomic E-state index is -0.372. The Morgan fingerprint density at radius 2 is 1.88 bits per heavy atom. The molecule has 0 heterocycles. The van der Waals surface area contributed by atoms with Crippen molar-refractivity contribution in [2.24, 2.45) is 0 Å². The van der Waals surface area contributed by atoms with E-state index in [0.717, 1.165) is 11.1 Å². The smallest absolute Gasteiger partial charge is 0.165 e. The summed E-state index contributed by atoms with van der Waals surface area (Å²) in [7, 11) is 0. The van der Waals surface area contributed by atoms with Crippen molar-refractivity contribution in [3.05, 3.63) is 59.4 Å². The molecule has 0 N–H and O–H groups in total. The first-order valence-electron chi connectivity index (χ1n) is 5.28. The largest absolute Gasteiger partial charge is 0.454 e. The van der Waals surface area contributed by atoms with Gasteiger partial charge in [-0.1, -0.05) is 24.3 Å². The van der Waals surface area contributed by atoms with Crippen LogP contribution in [0.5, 0.6) is 11.5 Å². The van der Waals surface area contributed by atoms with Crippen molar-refractivity contribution in [3.8, 4) is 11.5 Å². The average molecular weight is 251 g/mol. The Bertz CT molecular complexity index is 525. The van der Waals surface area contributed by atoms with Crippen LogP contribution in [-0.2, 0) is 5.88 Å². The molecule has 3 heteroatoms. The van der Waals surface area contributed by atoms with Crippen molar-refractivity contribution in [2.75, 3.05) is 0 Å².